The van der Waals surface area contributed by atoms with Gasteiger partial charge >= 0.3 is 5.84 Å². The van der Waals surface area contributed by atoms with Gasteiger partial charge in [-0.3, -0.25) is 8.80 Å². The van der Waals surface area contributed by atoms with Gasteiger partial charge in [-0.25, -0.2) is 4.98 Å². The molecule has 0 spiro atoms. The average molecular weight is 431 g/mol. The number of oxazole rings is 1. The molecule has 0 saturated heterocycles. The molecule has 0 aliphatic rings. The number of nitrogens with zero attached hydrogens (tertiary/aromatic N) is 5. The Hall–Kier alpha value is -4.23. The van der Waals surface area contributed by atoms with Crippen molar-refractivity contribution >= 4 is 65.7 Å². The third-order valence-electron chi connectivity index (χ3n) is 6.02. The standard InChI is InChI=1S/C25H13N5OS/c1-2-6-17-16(5-1)27-24-29(17)18-11-9-14(13-21(18)31-24)15-10-12-20-23(26-15)28-25-30(20)19-7-3-4-8-22(19)32-25/h1-13H. The summed E-state index contributed by atoms with van der Waals surface area (Å²) in [7, 11) is 0. The zero-order valence-corrected chi connectivity index (χ0v) is 17.4. The van der Waals surface area contributed by atoms with Crippen LogP contribution in [0.25, 0.3) is 65.6 Å². The van der Waals surface area contributed by atoms with Crippen molar-refractivity contribution in [2.24, 2.45) is 0 Å². The number of pyridine rings is 1. The number of fused-ring (bicyclic) bond motifs is 10. The van der Waals surface area contributed by atoms with Crippen LogP contribution in [0.2, 0.25) is 0 Å². The maximum Gasteiger partial charge on any atom is 0.307 e. The third-order valence-corrected chi connectivity index (χ3v) is 7.04. The average Bonchev–Trinajstić information content (AvgIpc) is 3.54. The van der Waals surface area contributed by atoms with E-state index in [0.717, 1.165) is 55.0 Å². The van der Waals surface area contributed by atoms with Gasteiger partial charge in [-0.15, -0.1) is 0 Å². The van der Waals surface area contributed by atoms with Crippen molar-refractivity contribution in [2.45, 2.75) is 0 Å². The van der Waals surface area contributed by atoms with Crippen LogP contribution in [0.4, 0.5) is 0 Å². The molecule has 5 heterocycles. The summed E-state index contributed by atoms with van der Waals surface area (Å²) in [5.41, 5.74) is 8.54. The van der Waals surface area contributed by atoms with Crippen LogP contribution in [0.15, 0.2) is 83.3 Å². The molecular weight excluding hydrogens is 418 g/mol. The molecule has 7 heteroatoms. The van der Waals surface area contributed by atoms with E-state index in [1.807, 2.05) is 30.3 Å². The van der Waals surface area contributed by atoms with Crippen molar-refractivity contribution in [1.29, 1.82) is 0 Å². The molecule has 0 amide bonds. The van der Waals surface area contributed by atoms with E-state index >= 15 is 0 Å². The molecule has 6 nitrogen and oxygen atoms in total. The summed E-state index contributed by atoms with van der Waals surface area (Å²) >= 11 is 1.68. The summed E-state index contributed by atoms with van der Waals surface area (Å²) < 4.78 is 11.5. The molecule has 0 radical (unpaired) electrons. The fourth-order valence-corrected chi connectivity index (χ4v) is 5.60. The molecular formula is C25H13N5OS. The van der Waals surface area contributed by atoms with Gasteiger partial charge in [0, 0.05) is 5.56 Å². The monoisotopic (exact) mass is 431 g/mol. The van der Waals surface area contributed by atoms with Crippen LogP contribution in [0.1, 0.15) is 0 Å². The number of hydrogen-bond acceptors (Lipinski definition) is 5. The molecule has 32 heavy (non-hydrogen) atoms. The quantitative estimate of drug-likeness (QED) is 0.305. The summed E-state index contributed by atoms with van der Waals surface area (Å²) in [5, 5.41) is 0. The molecule has 150 valence electrons. The maximum atomic E-state index is 6.08. The van der Waals surface area contributed by atoms with Crippen LogP contribution >= 0.6 is 11.3 Å². The first-order valence-electron chi connectivity index (χ1n) is 10.3. The number of benzene rings is 3. The van der Waals surface area contributed by atoms with Gasteiger partial charge in [0.2, 0.25) is 0 Å². The molecule has 0 atom stereocenters. The Labute approximate surface area is 184 Å². The molecule has 0 aliphatic heterocycles. The second-order valence-corrected chi connectivity index (χ2v) is 8.85. The molecule has 0 N–H and O–H groups in total. The molecule has 3 aromatic carbocycles. The number of hydrogen-bond donors (Lipinski definition) is 0. The van der Waals surface area contributed by atoms with Crippen molar-refractivity contribution in [1.82, 2.24) is 23.8 Å². The van der Waals surface area contributed by atoms with E-state index in [2.05, 4.69) is 62.3 Å². The first-order valence-corrected chi connectivity index (χ1v) is 11.1. The highest BCUT2D eigenvalue weighted by atomic mass is 32.1. The highest BCUT2D eigenvalue weighted by molar-refractivity contribution is 7.23. The van der Waals surface area contributed by atoms with Crippen molar-refractivity contribution in [3.8, 4) is 11.3 Å². The Kier molecular flexibility index (Phi) is 2.94. The zero-order chi connectivity index (χ0) is 20.8. The lowest BCUT2D eigenvalue weighted by atomic mass is 10.1. The SMILES string of the molecule is c1ccc2c(c1)nc1oc3cc(-c4ccc5c(n4)nc4sc6ccccc6n45)ccc3n12. The summed E-state index contributed by atoms with van der Waals surface area (Å²) in [6, 6.07) is 26.7. The Bertz CT molecular complexity index is 1860. The molecule has 8 aromatic rings. The Balaban J connectivity index is 1.32. The molecule has 0 aliphatic carbocycles. The minimum atomic E-state index is 0.600. The normalized spacial score (nSPS) is 12.4. The van der Waals surface area contributed by atoms with E-state index in [1.165, 1.54) is 4.70 Å². The van der Waals surface area contributed by atoms with Gasteiger partial charge < -0.3 is 4.42 Å². The Morgan fingerprint density at radius 3 is 2.50 bits per heavy atom. The molecule has 0 unspecified atom stereocenters. The lowest BCUT2D eigenvalue weighted by molar-refractivity contribution is 0.643. The lowest BCUT2D eigenvalue weighted by Crippen LogP contribution is -1.87. The summed E-state index contributed by atoms with van der Waals surface area (Å²) in [6.07, 6.45) is 0. The Morgan fingerprint density at radius 2 is 1.53 bits per heavy atom. The number of rotatable bonds is 1. The summed E-state index contributed by atoms with van der Waals surface area (Å²) in [5.74, 6) is 0.600. The second kappa shape index (κ2) is 5.72. The van der Waals surface area contributed by atoms with Crippen LogP contribution in [-0.4, -0.2) is 23.8 Å². The highest BCUT2D eigenvalue weighted by Gasteiger charge is 2.15. The number of aromatic nitrogens is 5. The Morgan fingerprint density at radius 1 is 0.688 bits per heavy atom. The fourth-order valence-electron chi connectivity index (χ4n) is 4.57. The van der Waals surface area contributed by atoms with Gasteiger partial charge in [0.25, 0.3) is 0 Å². The van der Waals surface area contributed by atoms with Gasteiger partial charge in [-0.05, 0) is 48.5 Å². The number of imidazole rings is 2. The zero-order valence-electron chi connectivity index (χ0n) is 16.6. The van der Waals surface area contributed by atoms with E-state index in [4.69, 9.17) is 14.4 Å². The number of thiazole rings is 1. The van der Waals surface area contributed by atoms with E-state index in [-0.39, 0.29) is 0 Å². The number of para-hydroxylation sites is 3. The molecule has 0 saturated carbocycles. The predicted molar refractivity (Wildman–Crippen MR) is 127 cm³/mol. The van der Waals surface area contributed by atoms with E-state index < -0.39 is 0 Å². The smallest absolute Gasteiger partial charge is 0.307 e. The fraction of sp³-hybridized carbons (Fsp3) is 0. The van der Waals surface area contributed by atoms with E-state index in [0.29, 0.717) is 5.84 Å². The van der Waals surface area contributed by atoms with Gasteiger partial charge in [0.05, 0.1) is 38.0 Å². The largest absolute Gasteiger partial charge is 0.423 e. The third kappa shape index (κ3) is 2.05. The minimum Gasteiger partial charge on any atom is -0.423 e. The van der Waals surface area contributed by atoms with Gasteiger partial charge in [0.15, 0.2) is 16.2 Å². The van der Waals surface area contributed by atoms with Crippen LogP contribution in [0.5, 0.6) is 0 Å². The van der Waals surface area contributed by atoms with Crippen LogP contribution in [0, 0.1) is 0 Å². The maximum absolute atomic E-state index is 6.08. The highest BCUT2D eigenvalue weighted by Crippen LogP contribution is 2.32. The summed E-state index contributed by atoms with van der Waals surface area (Å²) in [6.45, 7) is 0. The molecule has 0 fully saturated rings. The lowest BCUT2D eigenvalue weighted by Gasteiger charge is -2.01. The molecule has 5 aromatic heterocycles. The summed E-state index contributed by atoms with van der Waals surface area (Å²) in [4.78, 5) is 15.2. The topological polar surface area (TPSA) is 60.6 Å². The predicted octanol–water partition coefficient (Wildman–Crippen LogP) is 6.31. The van der Waals surface area contributed by atoms with Crippen molar-refractivity contribution in [2.75, 3.05) is 0 Å². The first kappa shape index (κ1) is 16.5. The van der Waals surface area contributed by atoms with Crippen LogP contribution in [0.3, 0.4) is 0 Å². The second-order valence-electron chi connectivity index (χ2n) is 7.84. The van der Waals surface area contributed by atoms with E-state index in [9.17, 15) is 0 Å². The van der Waals surface area contributed by atoms with Crippen molar-refractivity contribution in [3.05, 3.63) is 78.9 Å². The van der Waals surface area contributed by atoms with Crippen LogP contribution in [-0.2, 0) is 0 Å². The molecule has 0 bridgehead atoms. The van der Waals surface area contributed by atoms with Gasteiger partial charge in [-0.2, -0.15) is 9.97 Å². The van der Waals surface area contributed by atoms with E-state index in [1.54, 1.807) is 11.3 Å². The first-order chi connectivity index (χ1) is 15.8. The van der Waals surface area contributed by atoms with Crippen LogP contribution < -0.4 is 0 Å². The van der Waals surface area contributed by atoms with Gasteiger partial charge in [0.1, 0.15) is 0 Å². The van der Waals surface area contributed by atoms with Crippen molar-refractivity contribution < 1.29 is 4.42 Å². The minimum absolute atomic E-state index is 0.600. The molecule has 8 rings (SSSR count). The van der Waals surface area contributed by atoms with Gasteiger partial charge in [-0.1, -0.05) is 41.7 Å². The van der Waals surface area contributed by atoms with Crippen molar-refractivity contribution in [3.63, 3.8) is 0 Å².